The highest BCUT2D eigenvalue weighted by Crippen LogP contribution is 2.36. The number of hydrogen-bond acceptors (Lipinski definition) is 1. The van der Waals surface area contributed by atoms with E-state index in [1.807, 2.05) is 18.2 Å². The summed E-state index contributed by atoms with van der Waals surface area (Å²) in [6.07, 6.45) is 0. The van der Waals surface area contributed by atoms with Crippen molar-refractivity contribution in [3.63, 3.8) is 0 Å². The van der Waals surface area contributed by atoms with Crippen LogP contribution < -0.4 is 5.73 Å². The molecule has 1 aromatic carbocycles. The molecule has 1 rings (SSSR count). The van der Waals surface area contributed by atoms with Crippen molar-refractivity contribution in [2.45, 2.75) is 33.2 Å². The lowest BCUT2D eigenvalue weighted by Gasteiger charge is -2.39. The van der Waals surface area contributed by atoms with Gasteiger partial charge in [-0.05, 0) is 17.9 Å². The molecule has 0 amide bonds. The zero-order valence-electron chi connectivity index (χ0n) is 9.37. The molecule has 0 saturated carbocycles. The summed E-state index contributed by atoms with van der Waals surface area (Å²) in [7, 11) is 0. The highest BCUT2D eigenvalue weighted by molar-refractivity contribution is 5.85. The second kappa shape index (κ2) is 4.33. The van der Waals surface area contributed by atoms with Crippen molar-refractivity contribution in [2.24, 2.45) is 11.1 Å². The molecule has 0 bridgehead atoms. The Hall–Kier alpha value is -0.530. The van der Waals surface area contributed by atoms with E-state index in [2.05, 4.69) is 39.8 Å². The summed E-state index contributed by atoms with van der Waals surface area (Å²) in [6.45, 7) is 8.59. The van der Waals surface area contributed by atoms with E-state index in [0.717, 1.165) is 0 Å². The molecule has 0 saturated heterocycles. The van der Waals surface area contributed by atoms with Crippen molar-refractivity contribution in [2.75, 3.05) is 0 Å². The second-order valence-corrected chi connectivity index (χ2v) is 4.82. The third-order valence-corrected chi connectivity index (χ3v) is 2.93. The number of benzene rings is 1. The summed E-state index contributed by atoms with van der Waals surface area (Å²) in [4.78, 5) is 0. The van der Waals surface area contributed by atoms with E-state index in [-0.39, 0.29) is 23.4 Å². The van der Waals surface area contributed by atoms with Gasteiger partial charge in [0.2, 0.25) is 0 Å². The van der Waals surface area contributed by atoms with E-state index in [4.69, 9.17) is 5.73 Å². The SMILES string of the molecule is CC(C)(C)C(C)(N)c1ccccc1.Cl. The van der Waals surface area contributed by atoms with Gasteiger partial charge in [0, 0.05) is 5.54 Å². The molecule has 1 nitrogen and oxygen atoms in total. The van der Waals surface area contributed by atoms with E-state index >= 15 is 0 Å². The molecule has 1 unspecified atom stereocenters. The van der Waals surface area contributed by atoms with Crippen LogP contribution in [0.2, 0.25) is 0 Å². The summed E-state index contributed by atoms with van der Waals surface area (Å²) < 4.78 is 0. The van der Waals surface area contributed by atoms with E-state index in [1.165, 1.54) is 5.56 Å². The molecule has 0 aromatic heterocycles. The quantitative estimate of drug-likeness (QED) is 0.761. The number of rotatable bonds is 1. The molecule has 1 aromatic rings. The van der Waals surface area contributed by atoms with Crippen LogP contribution in [0, 0.1) is 5.41 Å². The van der Waals surface area contributed by atoms with Crippen LogP contribution in [0.5, 0.6) is 0 Å². The zero-order valence-corrected chi connectivity index (χ0v) is 10.2. The molecule has 0 fully saturated rings. The Labute approximate surface area is 93.1 Å². The van der Waals surface area contributed by atoms with E-state index in [1.54, 1.807) is 0 Å². The maximum Gasteiger partial charge on any atom is 0.0430 e. The topological polar surface area (TPSA) is 26.0 Å². The van der Waals surface area contributed by atoms with E-state index in [9.17, 15) is 0 Å². The first-order valence-electron chi connectivity index (χ1n) is 4.70. The molecule has 0 aliphatic carbocycles. The molecular formula is C12H20ClN. The van der Waals surface area contributed by atoms with Crippen LogP contribution >= 0.6 is 12.4 Å². The van der Waals surface area contributed by atoms with Crippen LogP contribution in [0.15, 0.2) is 30.3 Å². The Morgan fingerprint density at radius 2 is 1.36 bits per heavy atom. The summed E-state index contributed by atoms with van der Waals surface area (Å²) in [5, 5.41) is 0. The fraction of sp³-hybridized carbons (Fsp3) is 0.500. The minimum atomic E-state index is -0.270. The second-order valence-electron chi connectivity index (χ2n) is 4.82. The van der Waals surface area contributed by atoms with Gasteiger partial charge in [-0.1, -0.05) is 51.1 Å². The van der Waals surface area contributed by atoms with Crippen molar-refractivity contribution in [1.82, 2.24) is 0 Å². The summed E-state index contributed by atoms with van der Waals surface area (Å²) >= 11 is 0. The molecule has 0 aliphatic heterocycles. The highest BCUT2D eigenvalue weighted by atomic mass is 35.5. The van der Waals surface area contributed by atoms with Crippen LogP contribution in [-0.4, -0.2) is 0 Å². The molecule has 0 aliphatic rings. The molecule has 2 N–H and O–H groups in total. The Morgan fingerprint density at radius 1 is 0.929 bits per heavy atom. The van der Waals surface area contributed by atoms with Crippen LogP contribution in [-0.2, 0) is 5.54 Å². The molecule has 0 spiro atoms. The predicted molar refractivity (Wildman–Crippen MR) is 64.7 cm³/mol. The minimum Gasteiger partial charge on any atom is -0.321 e. The van der Waals surface area contributed by atoms with E-state index in [0.29, 0.717) is 0 Å². The average molecular weight is 214 g/mol. The average Bonchev–Trinajstić information content (AvgIpc) is 2.04. The first-order valence-corrected chi connectivity index (χ1v) is 4.70. The molecule has 1 atom stereocenters. The summed E-state index contributed by atoms with van der Waals surface area (Å²) in [5.74, 6) is 0. The van der Waals surface area contributed by atoms with Crippen molar-refractivity contribution in [1.29, 1.82) is 0 Å². The van der Waals surface area contributed by atoms with Crippen LogP contribution in [0.25, 0.3) is 0 Å². The lowest BCUT2D eigenvalue weighted by Crippen LogP contribution is -2.45. The fourth-order valence-electron chi connectivity index (χ4n) is 1.22. The molecule has 0 heterocycles. The third-order valence-electron chi connectivity index (χ3n) is 2.93. The summed E-state index contributed by atoms with van der Waals surface area (Å²) in [6, 6.07) is 10.3. The van der Waals surface area contributed by atoms with E-state index < -0.39 is 0 Å². The van der Waals surface area contributed by atoms with Gasteiger partial charge in [0.05, 0.1) is 0 Å². The normalized spacial score (nSPS) is 15.5. The van der Waals surface area contributed by atoms with Crippen molar-refractivity contribution >= 4 is 12.4 Å². The van der Waals surface area contributed by atoms with Gasteiger partial charge in [-0.2, -0.15) is 0 Å². The lowest BCUT2D eigenvalue weighted by molar-refractivity contribution is 0.210. The first-order chi connectivity index (χ1) is 5.86. The predicted octanol–water partition coefficient (Wildman–Crippen LogP) is 3.33. The van der Waals surface area contributed by atoms with Gasteiger partial charge in [-0.15, -0.1) is 12.4 Å². The van der Waals surface area contributed by atoms with Crippen molar-refractivity contribution < 1.29 is 0 Å². The van der Waals surface area contributed by atoms with Gasteiger partial charge in [-0.3, -0.25) is 0 Å². The molecule has 14 heavy (non-hydrogen) atoms. The largest absolute Gasteiger partial charge is 0.321 e. The summed E-state index contributed by atoms with van der Waals surface area (Å²) in [5.41, 5.74) is 7.32. The smallest absolute Gasteiger partial charge is 0.0430 e. The Kier molecular flexibility index (Phi) is 4.16. The van der Waals surface area contributed by atoms with Gasteiger partial charge >= 0.3 is 0 Å². The van der Waals surface area contributed by atoms with Gasteiger partial charge in [-0.25, -0.2) is 0 Å². The van der Waals surface area contributed by atoms with Gasteiger partial charge in [0.15, 0.2) is 0 Å². The van der Waals surface area contributed by atoms with Crippen molar-refractivity contribution in [3.05, 3.63) is 35.9 Å². The van der Waals surface area contributed by atoms with Crippen LogP contribution in [0.3, 0.4) is 0 Å². The maximum atomic E-state index is 6.32. The molecule has 80 valence electrons. The Bertz CT molecular complexity index is 272. The molecule has 2 heteroatoms. The molecule has 0 radical (unpaired) electrons. The lowest BCUT2D eigenvalue weighted by atomic mass is 9.71. The zero-order chi connectivity index (χ0) is 10.1. The fourth-order valence-corrected chi connectivity index (χ4v) is 1.22. The van der Waals surface area contributed by atoms with Gasteiger partial charge in [0.1, 0.15) is 0 Å². The standard InChI is InChI=1S/C12H19N.ClH/c1-11(2,3)12(4,13)10-8-6-5-7-9-10;/h5-9H,13H2,1-4H3;1H. The number of nitrogens with two attached hydrogens (primary N) is 1. The molecular weight excluding hydrogens is 194 g/mol. The maximum absolute atomic E-state index is 6.32. The Balaban J connectivity index is 0.00000169. The first kappa shape index (κ1) is 13.5. The van der Waals surface area contributed by atoms with Gasteiger partial charge < -0.3 is 5.73 Å². The minimum absolute atomic E-state index is 0. The van der Waals surface area contributed by atoms with Crippen LogP contribution in [0.4, 0.5) is 0 Å². The number of halogens is 1. The highest BCUT2D eigenvalue weighted by Gasteiger charge is 2.34. The third kappa shape index (κ3) is 2.49. The van der Waals surface area contributed by atoms with Crippen LogP contribution in [0.1, 0.15) is 33.3 Å². The van der Waals surface area contributed by atoms with Gasteiger partial charge in [0.25, 0.3) is 0 Å². The number of hydrogen-bond donors (Lipinski definition) is 1. The van der Waals surface area contributed by atoms with Crippen molar-refractivity contribution in [3.8, 4) is 0 Å². The monoisotopic (exact) mass is 213 g/mol. The Morgan fingerprint density at radius 3 is 1.71 bits per heavy atom.